The molecule has 3 amide bonds. The molecule has 0 spiro atoms. The number of benzene rings is 2. The van der Waals surface area contributed by atoms with E-state index in [2.05, 4.69) is 25.7 Å². The molecule has 3 aromatic rings. The monoisotopic (exact) mass is 637 g/mol. The molecule has 0 bridgehead atoms. The third-order valence-corrected chi connectivity index (χ3v) is 10.2. The number of hydrogen-bond acceptors (Lipinski definition) is 7. The first-order valence-electron chi connectivity index (χ1n) is 14.2. The molecule has 44 heavy (non-hydrogen) atoms. The van der Waals surface area contributed by atoms with Gasteiger partial charge in [-0.2, -0.15) is 0 Å². The molecule has 0 aliphatic heterocycles. The van der Waals surface area contributed by atoms with E-state index in [1.165, 1.54) is 11.3 Å². The Balaban J connectivity index is 1.58. The minimum Gasteiger partial charge on any atom is -0.447 e. The Hall–Kier alpha value is -4.00. The maximum atomic E-state index is 13.9. The van der Waals surface area contributed by atoms with E-state index >= 15 is 0 Å². The van der Waals surface area contributed by atoms with Crippen molar-refractivity contribution in [3.8, 4) is 10.6 Å². The Morgan fingerprint density at radius 2 is 1.70 bits per heavy atom. The number of rotatable bonds is 9. The van der Waals surface area contributed by atoms with Gasteiger partial charge >= 0.3 is 12.1 Å². The fraction of sp³-hybridized carbons (Fsp3) is 0.344. The Morgan fingerprint density at radius 3 is 2.34 bits per heavy atom. The molecular weight excluding hydrogens is 599 g/mol. The number of allylic oxidation sites excluding steroid dienone is 3. The molecule has 1 atom stereocenters. The quantitative estimate of drug-likeness (QED) is 0.214. The van der Waals surface area contributed by atoms with Crippen molar-refractivity contribution in [2.75, 3.05) is 5.32 Å². The molecule has 4 N–H and O–H groups in total. The van der Waals surface area contributed by atoms with Crippen LogP contribution in [0.4, 0.5) is 15.3 Å². The SMILES string of the molecule is CC(C)OC(=O)Nc1ccc(-c2ncc(C3=CC=C(NC(=O)NCc4ccccc4)CC3(C)S(=O)(=O)NC(C)(C)C)s2)cc1. The summed E-state index contributed by atoms with van der Waals surface area (Å²) in [6.45, 7) is 10.9. The lowest BCUT2D eigenvalue weighted by Crippen LogP contribution is -2.53. The molecule has 1 aliphatic carbocycles. The third-order valence-electron chi connectivity index (χ3n) is 6.64. The molecule has 0 saturated carbocycles. The van der Waals surface area contributed by atoms with Crippen LogP contribution in [-0.4, -0.2) is 41.9 Å². The topological polar surface area (TPSA) is 139 Å². The van der Waals surface area contributed by atoms with Crippen molar-refractivity contribution in [1.29, 1.82) is 0 Å². The number of sulfonamides is 1. The number of nitrogens with zero attached hydrogens (tertiary/aromatic N) is 1. The fourth-order valence-electron chi connectivity index (χ4n) is 4.62. The molecule has 0 radical (unpaired) electrons. The molecule has 12 heteroatoms. The number of urea groups is 1. The number of nitrogens with one attached hydrogen (secondary N) is 4. The van der Waals surface area contributed by atoms with E-state index in [0.717, 1.165) is 11.1 Å². The standard InChI is InChI=1S/C32H39N5O5S2/c1-21(2)42-30(39)36-24-14-12-23(13-15-24)28-33-20-27(43-28)26-17-16-25(18-32(26,6)44(40,41)37-31(3,4)5)35-29(38)34-19-22-10-8-7-9-11-22/h7-17,20-21,37H,18-19H2,1-6H3,(H,36,39)(H2,34,35,38). The van der Waals surface area contributed by atoms with Crippen LogP contribution in [0.25, 0.3) is 16.1 Å². The van der Waals surface area contributed by atoms with E-state index in [1.807, 2.05) is 42.5 Å². The molecular formula is C32H39N5O5S2. The van der Waals surface area contributed by atoms with Gasteiger partial charge in [-0.1, -0.05) is 36.4 Å². The summed E-state index contributed by atoms with van der Waals surface area (Å²) < 4.78 is 34.4. The highest BCUT2D eigenvalue weighted by Gasteiger charge is 2.47. The smallest absolute Gasteiger partial charge is 0.411 e. The first-order chi connectivity index (χ1) is 20.6. The maximum Gasteiger partial charge on any atom is 0.411 e. The van der Waals surface area contributed by atoms with E-state index in [4.69, 9.17) is 4.74 Å². The lowest BCUT2D eigenvalue weighted by atomic mass is 9.89. The van der Waals surface area contributed by atoms with Crippen LogP contribution < -0.4 is 20.7 Å². The molecule has 2 aromatic carbocycles. The van der Waals surface area contributed by atoms with Crippen molar-refractivity contribution in [1.82, 2.24) is 20.3 Å². The van der Waals surface area contributed by atoms with Crippen LogP contribution >= 0.6 is 11.3 Å². The number of hydrogen-bond donors (Lipinski definition) is 4. The van der Waals surface area contributed by atoms with Gasteiger partial charge in [-0.25, -0.2) is 27.7 Å². The number of anilines is 1. The summed E-state index contributed by atoms with van der Waals surface area (Å²) in [4.78, 5) is 29.9. The van der Waals surface area contributed by atoms with Crippen LogP contribution in [0.3, 0.4) is 0 Å². The summed E-state index contributed by atoms with van der Waals surface area (Å²) in [5.41, 5.74) is 2.67. The average molecular weight is 638 g/mol. The van der Waals surface area contributed by atoms with Gasteiger partial charge in [-0.3, -0.25) is 5.32 Å². The summed E-state index contributed by atoms with van der Waals surface area (Å²) in [5.74, 6) is 0. The van der Waals surface area contributed by atoms with Crippen LogP contribution in [0.5, 0.6) is 0 Å². The zero-order chi connectivity index (χ0) is 32.1. The number of carbonyl (C=O) groups excluding carboxylic acids is 2. The Morgan fingerprint density at radius 1 is 1.02 bits per heavy atom. The summed E-state index contributed by atoms with van der Waals surface area (Å²) in [6.07, 6.45) is 4.42. The van der Waals surface area contributed by atoms with Crippen LogP contribution in [0.15, 0.2) is 78.6 Å². The van der Waals surface area contributed by atoms with Gasteiger partial charge in [0.2, 0.25) is 10.0 Å². The molecule has 10 nitrogen and oxygen atoms in total. The van der Waals surface area contributed by atoms with Crippen molar-refractivity contribution in [3.63, 3.8) is 0 Å². The van der Waals surface area contributed by atoms with E-state index in [1.54, 1.807) is 72.0 Å². The number of amides is 3. The molecule has 1 unspecified atom stereocenters. The normalized spacial score (nSPS) is 17.0. The minimum atomic E-state index is -3.95. The number of ether oxygens (including phenoxy) is 1. The van der Waals surface area contributed by atoms with Crippen molar-refractivity contribution >= 4 is 44.7 Å². The highest BCUT2D eigenvalue weighted by Crippen LogP contribution is 2.44. The molecule has 4 rings (SSSR count). The molecule has 1 heterocycles. The molecule has 1 aromatic heterocycles. The van der Waals surface area contributed by atoms with Gasteiger partial charge in [-0.15, -0.1) is 11.3 Å². The number of aromatic nitrogens is 1. The summed E-state index contributed by atoms with van der Waals surface area (Å²) in [5, 5.41) is 9.03. The van der Waals surface area contributed by atoms with Gasteiger partial charge in [0.25, 0.3) is 0 Å². The number of thiazole rings is 1. The van der Waals surface area contributed by atoms with Gasteiger partial charge in [0.1, 0.15) is 9.75 Å². The summed E-state index contributed by atoms with van der Waals surface area (Å²) in [7, 11) is -3.95. The second kappa shape index (κ2) is 13.3. The van der Waals surface area contributed by atoms with Gasteiger partial charge in [0.15, 0.2) is 0 Å². The van der Waals surface area contributed by atoms with Gasteiger partial charge in [0, 0.05) is 41.6 Å². The minimum absolute atomic E-state index is 0.0447. The first-order valence-corrected chi connectivity index (χ1v) is 16.5. The Labute approximate surface area is 263 Å². The van der Waals surface area contributed by atoms with Gasteiger partial charge in [0.05, 0.1) is 11.0 Å². The zero-order valence-electron chi connectivity index (χ0n) is 25.7. The average Bonchev–Trinajstić information content (AvgIpc) is 3.41. The Kier molecular flexibility index (Phi) is 9.97. The van der Waals surface area contributed by atoms with E-state index in [0.29, 0.717) is 33.4 Å². The molecule has 0 fully saturated rings. The van der Waals surface area contributed by atoms with Crippen LogP contribution in [0, 0.1) is 0 Å². The predicted molar refractivity (Wildman–Crippen MR) is 175 cm³/mol. The van der Waals surface area contributed by atoms with Crippen molar-refractivity contribution < 1.29 is 22.7 Å². The van der Waals surface area contributed by atoms with E-state index in [9.17, 15) is 18.0 Å². The van der Waals surface area contributed by atoms with E-state index < -0.39 is 32.4 Å². The fourth-order valence-corrected chi connectivity index (χ4v) is 7.61. The van der Waals surface area contributed by atoms with Crippen molar-refractivity contribution in [2.24, 2.45) is 0 Å². The summed E-state index contributed by atoms with van der Waals surface area (Å²) >= 11 is 1.37. The highest BCUT2D eigenvalue weighted by atomic mass is 32.2. The van der Waals surface area contributed by atoms with Crippen LogP contribution in [0.1, 0.15) is 58.4 Å². The third kappa shape index (κ3) is 8.34. The van der Waals surface area contributed by atoms with Gasteiger partial charge in [-0.05, 0) is 83.0 Å². The first kappa shape index (κ1) is 32.9. The second-order valence-electron chi connectivity index (χ2n) is 12.0. The van der Waals surface area contributed by atoms with Crippen molar-refractivity contribution in [3.05, 3.63) is 89.1 Å². The highest BCUT2D eigenvalue weighted by molar-refractivity contribution is 7.91. The molecule has 234 valence electrons. The largest absolute Gasteiger partial charge is 0.447 e. The number of carbonyl (C=O) groups is 2. The maximum absolute atomic E-state index is 13.9. The predicted octanol–water partition coefficient (Wildman–Crippen LogP) is 6.41. The van der Waals surface area contributed by atoms with Crippen molar-refractivity contribution in [2.45, 2.75) is 70.9 Å². The van der Waals surface area contributed by atoms with Gasteiger partial charge < -0.3 is 15.4 Å². The summed E-state index contributed by atoms with van der Waals surface area (Å²) in [6, 6.07) is 16.3. The zero-order valence-corrected chi connectivity index (χ0v) is 27.4. The van der Waals surface area contributed by atoms with E-state index in [-0.39, 0.29) is 12.5 Å². The second-order valence-corrected chi connectivity index (χ2v) is 15.2. The Bertz CT molecular complexity index is 1660. The molecule has 0 saturated heterocycles. The lowest BCUT2D eigenvalue weighted by Gasteiger charge is -2.37. The van der Waals surface area contributed by atoms with Crippen LogP contribution in [-0.2, 0) is 21.3 Å². The van der Waals surface area contributed by atoms with Crippen LogP contribution in [0.2, 0.25) is 0 Å². The lowest BCUT2D eigenvalue weighted by molar-refractivity contribution is 0.130. The molecule has 1 aliphatic rings.